The summed E-state index contributed by atoms with van der Waals surface area (Å²) >= 11 is 0. The number of rotatable bonds is 38. The molecule has 0 aromatic heterocycles. The van der Waals surface area contributed by atoms with Gasteiger partial charge in [0.1, 0.15) is 52.6 Å². The Morgan fingerprint density at radius 2 is 0.570 bits per heavy atom. The van der Waals surface area contributed by atoms with Crippen LogP contribution in [0, 0.1) is 23.7 Å². The van der Waals surface area contributed by atoms with Gasteiger partial charge in [0, 0.05) is 51.7 Å². The van der Waals surface area contributed by atoms with Crippen LogP contribution in [-0.2, 0) is 156 Å². The molecule has 4 unspecified atom stereocenters. The maximum atomic E-state index is 13.0. The Kier molecular flexibility index (Phi) is 36.9. The molecule has 1 saturated carbocycles. The number of carbonyl (C=O) groups excluding carboxylic acids is 17. The molecule has 7 aromatic rings. The van der Waals surface area contributed by atoms with Crippen LogP contribution in [0.2, 0.25) is 0 Å². The minimum atomic E-state index is -4.33. The number of imide groups is 7. The number of ether oxygens (including phenoxy) is 8. The van der Waals surface area contributed by atoms with E-state index in [-0.39, 0.29) is 194 Å². The van der Waals surface area contributed by atoms with Gasteiger partial charge in [-0.1, -0.05) is 98.5 Å². The lowest BCUT2D eigenvalue weighted by Crippen LogP contribution is -2.39. The molecular weight excluding hydrogens is 2100 g/mol. The summed E-state index contributed by atoms with van der Waals surface area (Å²) in [4.78, 5) is 205. The second kappa shape index (κ2) is 48.4. The normalized spacial score (nSPS) is 18.5. The van der Waals surface area contributed by atoms with Gasteiger partial charge in [-0.05, 0) is 173 Å². The van der Waals surface area contributed by atoms with Crippen molar-refractivity contribution in [1.29, 1.82) is 0 Å². The van der Waals surface area contributed by atoms with Gasteiger partial charge < -0.3 is 37.9 Å². The predicted octanol–water partition coefficient (Wildman–Crippen LogP) is 5.98. The van der Waals surface area contributed by atoms with Gasteiger partial charge in [-0.25, -0.2) is 73.3 Å². The van der Waals surface area contributed by atoms with Crippen molar-refractivity contribution < 1.29 is 178 Å². The van der Waals surface area contributed by atoms with Crippen molar-refractivity contribution in [3.63, 3.8) is 0 Å². The summed E-state index contributed by atoms with van der Waals surface area (Å²) < 4.78 is 217. The number of benzene rings is 7. The van der Waals surface area contributed by atoms with Gasteiger partial charge in [0.05, 0.1) is 105 Å². The number of allylic oxidation sites excluding steroid dienone is 2. The first kappa shape index (κ1) is 114. The summed E-state index contributed by atoms with van der Waals surface area (Å²) in [5, 5.41) is 0. The number of esters is 3. The second-order valence-electron chi connectivity index (χ2n) is 33.5. The van der Waals surface area contributed by atoms with Crippen LogP contribution in [0.15, 0.2) is 228 Å². The van der Waals surface area contributed by atoms with Crippen molar-refractivity contribution in [1.82, 2.24) is 30.1 Å². The van der Waals surface area contributed by atoms with Crippen molar-refractivity contribution in [2.24, 2.45) is 23.7 Å². The molecule has 149 heavy (non-hydrogen) atoms. The number of amides is 14. The molecule has 7 aliphatic heterocycles. The number of unbranched alkanes of at least 4 members (excludes halogenated alkanes) is 5. The molecule has 9 aliphatic rings. The monoisotopic (exact) mass is 2200 g/mol. The van der Waals surface area contributed by atoms with Crippen LogP contribution in [0.25, 0.3) is 0 Å². The van der Waals surface area contributed by atoms with Crippen LogP contribution >= 0.6 is 0 Å². The molecular formula is C96H97N7O39S7. The highest BCUT2D eigenvalue weighted by atomic mass is 32.2. The lowest BCUT2D eigenvalue weighted by molar-refractivity contribution is -0.135. The van der Waals surface area contributed by atoms with Gasteiger partial charge in [0.15, 0.2) is 0 Å². The Labute approximate surface area is 854 Å². The van der Waals surface area contributed by atoms with Gasteiger partial charge in [-0.2, -0.15) is 30.1 Å². The van der Waals surface area contributed by atoms with E-state index in [1.54, 1.807) is 0 Å². The molecule has 46 nitrogen and oxygen atoms in total. The van der Waals surface area contributed by atoms with E-state index in [4.69, 9.17) is 37.9 Å². The molecule has 792 valence electrons. The van der Waals surface area contributed by atoms with Gasteiger partial charge >= 0.3 is 17.9 Å². The molecule has 7 aromatic carbocycles. The van der Waals surface area contributed by atoms with E-state index in [9.17, 15) is 140 Å². The third kappa shape index (κ3) is 24.7. The third-order valence-corrected chi connectivity index (χ3v) is 35.8. The molecule has 14 amide bonds. The van der Waals surface area contributed by atoms with E-state index < -0.39 is 196 Å². The summed E-state index contributed by atoms with van der Waals surface area (Å²) in [7, 11) is -29.8. The second-order valence-corrected chi connectivity index (χ2v) is 45.9. The predicted molar refractivity (Wildman–Crippen MR) is 510 cm³/mol. The van der Waals surface area contributed by atoms with E-state index in [1.807, 2.05) is 32.9 Å². The van der Waals surface area contributed by atoms with E-state index in [0.29, 0.717) is 71.3 Å². The van der Waals surface area contributed by atoms with Crippen LogP contribution in [0.5, 0.6) is 0 Å². The van der Waals surface area contributed by atoms with Crippen molar-refractivity contribution >= 4 is 171 Å². The van der Waals surface area contributed by atoms with E-state index >= 15 is 0 Å². The zero-order chi connectivity index (χ0) is 109. The summed E-state index contributed by atoms with van der Waals surface area (Å²) in [5.41, 5.74) is 1.06. The topological polar surface area (TPSA) is 626 Å². The fourth-order valence-electron chi connectivity index (χ4n) is 16.5. The van der Waals surface area contributed by atoms with Gasteiger partial charge in [-0.15, -0.1) is 0 Å². The molecule has 3 saturated heterocycles. The highest BCUT2D eigenvalue weighted by Crippen LogP contribution is 2.54. The van der Waals surface area contributed by atoms with Crippen LogP contribution in [0.1, 0.15) is 177 Å². The highest BCUT2D eigenvalue weighted by Gasteiger charge is 2.63. The zero-order valence-corrected chi connectivity index (χ0v) is 85.3. The van der Waals surface area contributed by atoms with Gasteiger partial charge in [0.25, 0.3) is 106 Å². The van der Waals surface area contributed by atoms with Crippen LogP contribution in [0.3, 0.4) is 0 Å². The van der Waals surface area contributed by atoms with Gasteiger partial charge in [-0.3, -0.25) is 67.1 Å². The number of fused-ring (bicyclic) bond motifs is 9. The number of hydrogen-bond donors (Lipinski definition) is 0. The lowest BCUT2D eigenvalue weighted by Gasteiger charge is -2.17. The first-order valence-electron chi connectivity index (χ1n) is 45.9. The summed E-state index contributed by atoms with van der Waals surface area (Å²) in [5.74, 6) is -14.9. The molecule has 0 radical (unpaired) electrons. The number of sulfonamides is 7. The standard InChI is InChI=1S/C24H24N2O8S2.C20H16N2O10S2.C20H21NO7S.C17H19NO7S.C15H17NO7S/c27-21(25-23(29)17-11-7-9-13-19(17)35(25,31)32)15-5-3-1-2-4-6-16-22(28)26-24(30)18-12-8-10-14-20(18)36(26,33)34;23-17(21-19(25)13-5-1-3-7-15(13)33(21,27)28)11-31-9-10-32-12-18(24)22-20(26)14-6-2-4-8-16(14)34(22,29)30;1-2-27-9-10-28-20(24)12-5-7-15(8-6-12)29(25,26)21-18(22)16-13-3-4-14(11-13)17(16)19(21)23;1-12(2)11-24-9-10-25-17(21)13-3-5-14(6-4-13)26(22,23)18-15(19)7-8-16(18)20;1-2-22-9-10-23-15(19)11-3-5-12(6-4-11)24(20,21)16-13(17)7-8-14(16)18/h7-14H,1-6,15-16H2;1-8H,9-12H2;3-8,13-14,16-17H,2,9-11H2,1H3;3-6H,1,7-11H2,2H3;3-6H,2,7-10H2,1H3. The number of nitrogens with zero attached hydrogens (tertiary/aromatic N) is 7. The maximum absolute atomic E-state index is 13.0. The third-order valence-electron chi connectivity index (χ3n) is 23.5. The van der Waals surface area contributed by atoms with E-state index in [2.05, 4.69) is 6.58 Å². The molecule has 0 spiro atoms. The molecule has 2 bridgehead atoms. The number of hydrogen-bond acceptors (Lipinski definition) is 39. The average Bonchev–Trinajstić information content (AvgIpc) is 1.54. The molecule has 2 aliphatic carbocycles. The molecule has 0 N–H and O–H groups in total. The van der Waals surface area contributed by atoms with Crippen molar-refractivity contribution in [2.75, 3.05) is 85.9 Å². The van der Waals surface area contributed by atoms with Crippen molar-refractivity contribution in [3.8, 4) is 0 Å². The first-order chi connectivity index (χ1) is 70.6. The van der Waals surface area contributed by atoms with E-state index in [0.717, 1.165) is 36.3 Å². The SMILES string of the molecule is C=C(C)COCCOC(=O)c1ccc(S(=O)(=O)N2C(=O)CCC2=O)cc1.CCOCCOC(=O)c1ccc(S(=O)(=O)N2C(=O)C3C4C=CC(C4)C3C2=O)cc1.CCOCCOC(=O)c1ccc(S(=O)(=O)N2C(=O)CCC2=O)cc1.O=C(CCCCCCCCC(=O)N1C(=O)c2ccccc2S1(=O)=O)N1C(=O)c2ccccc2S1(=O)=O.O=C(COCCOCC(=O)N1C(=O)c2ccccc2S1(=O)=O)N1C(=O)c2ccccc2S1(=O)=O. The Hall–Kier alpha value is -14.1. The fraction of sp³-hybridized carbons (Fsp3) is 0.344. The highest BCUT2D eigenvalue weighted by molar-refractivity contribution is 7.92. The van der Waals surface area contributed by atoms with E-state index in [1.165, 1.54) is 146 Å². The Morgan fingerprint density at radius 1 is 0.322 bits per heavy atom. The van der Waals surface area contributed by atoms with Crippen molar-refractivity contribution in [2.45, 2.75) is 139 Å². The Balaban J connectivity index is 0.000000167. The number of carbonyl (C=O) groups is 17. The molecule has 53 heteroatoms. The van der Waals surface area contributed by atoms with Gasteiger partial charge in [0.2, 0.25) is 47.3 Å². The summed E-state index contributed by atoms with van der Waals surface area (Å²) in [6.45, 7) is 9.41. The Bertz CT molecular complexity index is 7160. The summed E-state index contributed by atoms with van der Waals surface area (Å²) in [6.07, 6.45) is 7.27. The fourth-order valence-corrected chi connectivity index (χ4v) is 26.9. The minimum absolute atomic E-state index is 0.00675. The molecule has 4 fully saturated rings. The largest absolute Gasteiger partial charge is 0.460 e. The minimum Gasteiger partial charge on any atom is -0.460 e. The Morgan fingerprint density at radius 3 is 0.846 bits per heavy atom. The quantitative estimate of drug-likeness (QED) is 0.0141. The summed E-state index contributed by atoms with van der Waals surface area (Å²) in [6, 6.07) is 36.9. The first-order valence-corrected chi connectivity index (χ1v) is 56.0. The zero-order valence-electron chi connectivity index (χ0n) is 79.6. The molecule has 7 heterocycles. The van der Waals surface area contributed by atoms with Crippen molar-refractivity contribution in [3.05, 3.63) is 233 Å². The molecule has 16 rings (SSSR count). The smallest absolute Gasteiger partial charge is 0.338 e. The average molecular weight is 2200 g/mol. The van der Waals surface area contributed by atoms with Crippen LogP contribution in [0.4, 0.5) is 0 Å². The maximum Gasteiger partial charge on any atom is 0.338 e. The van der Waals surface area contributed by atoms with Crippen LogP contribution < -0.4 is 0 Å². The van der Waals surface area contributed by atoms with Crippen LogP contribution in [-0.4, -0.2) is 276 Å². The molecule has 4 atom stereocenters. The lowest BCUT2D eigenvalue weighted by atomic mass is 9.85.